The number of aliphatic hydroxyl groups excluding tert-OH is 1. The van der Waals surface area contributed by atoms with Crippen molar-refractivity contribution in [1.82, 2.24) is 5.32 Å². The smallest absolute Gasteiger partial charge is 0.406 e. The van der Waals surface area contributed by atoms with Gasteiger partial charge in [-0.15, -0.1) is 0 Å². The summed E-state index contributed by atoms with van der Waals surface area (Å²) >= 11 is 0. The van der Waals surface area contributed by atoms with E-state index in [2.05, 4.69) is 10.1 Å². The van der Waals surface area contributed by atoms with Crippen molar-refractivity contribution in [3.8, 4) is 11.5 Å². The van der Waals surface area contributed by atoms with Gasteiger partial charge in [0.2, 0.25) is 0 Å². The molecule has 0 aliphatic carbocycles. The maximum Gasteiger partial charge on any atom is 0.406 e. The summed E-state index contributed by atoms with van der Waals surface area (Å²) in [6.07, 6.45) is 0.342. The first kappa shape index (κ1) is 17.5. The lowest BCUT2D eigenvalue weighted by Gasteiger charge is -2.07. The van der Waals surface area contributed by atoms with Crippen LogP contribution in [0.15, 0.2) is 54.6 Å². The molecule has 0 aliphatic heterocycles. The molecule has 0 unspecified atom stereocenters. The molecule has 0 bridgehead atoms. The first-order chi connectivity index (χ1) is 10.8. The zero-order chi connectivity index (χ0) is 16.2. The summed E-state index contributed by atoms with van der Waals surface area (Å²) in [6.45, 7) is 0.547. The summed E-state index contributed by atoms with van der Waals surface area (Å²) in [5.74, 6) is 1.61. The van der Waals surface area contributed by atoms with Crippen molar-refractivity contribution in [2.75, 3.05) is 20.8 Å². The Labute approximate surface area is 130 Å². The van der Waals surface area contributed by atoms with Gasteiger partial charge in [0.15, 0.2) is 0 Å². The second kappa shape index (κ2) is 10.2. The molecule has 0 radical (unpaired) electrons. The number of benzene rings is 2. The molecule has 0 fully saturated rings. The average molecular weight is 303 g/mol. The molecule has 2 N–H and O–H groups in total. The Kier molecular flexibility index (Phi) is 8.15. The summed E-state index contributed by atoms with van der Waals surface area (Å²) in [6, 6.07) is 17.4. The summed E-state index contributed by atoms with van der Waals surface area (Å²) in [4.78, 5) is 10.9. The zero-order valence-electron chi connectivity index (χ0n) is 12.8. The third kappa shape index (κ3) is 6.28. The third-order valence-electron chi connectivity index (χ3n) is 2.77. The molecule has 1 amide bonds. The van der Waals surface area contributed by atoms with E-state index < -0.39 is 6.09 Å². The molecule has 22 heavy (non-hydrogen) atoms. The van der Waals surface area contributed by atoms with Crippen LogP contribution >= 0.6 is 0 Å². The van der Waals surface area contributed by atoms with Crippen LogP contribution in [0, 0.1) is 0 Å². The average Bonchev–Trinajstić information content (AvgIpc) is 2.59. The SMILES string of the molecule is CO.COC(=O)NCCc1ccc(Oc2ccccc2)cc1. The molecular formula is C17H21NO4. The number of nitrogens with one attached hydrogen (secondary N) is 1. The standard InChI is InChI=1S/C16H17NO3.CH4O/c1-19-16(18)17-12-11-13-7-9-15(10-8-13)20-14-5-3-2-4-6-14;1-2/h2-10H,11-12H2,1H3,(H,17,18);2H,1H3. The first-order valence-corrected chi connectivity index (χ1v) is 6.86. The maximum atomic E-state index is 10.9. The molecule has 2 rings (SSSR count). The van der Waals surface area contributed by atoms with Crippen molar-refractivity contribution >= 4 is 6.09 Å². The monoisotopic (exact) mass is 303 g/mol. The minimum absolute atomic E-state index is 0.408. The molecule has 0 aromatic heterocycles. The van der Waals surface area contributed by atoms with E-state index >= 15 is 0 Å². The highest BCUT2D eigenvalue weighted by atomic mass is 16.5. The molecule has 118 valence electrons. The number of amides is 1. The topological polar surface area (TPSA) is 67.8 Å². The third-order valence-corrected chi connectivity index (χ3v) is 2.77. The quantitative estimate of drug-likeness (QED) is 0.891. The van der Waals surface area contributed by atoms with Crippen LogP contribution in [0.3, 0.4) is 0 Å². The van der Waals surface area contributed by atoms with Gasteiger partial charge in [0.25, 0.3) is 0 Å². The van der Waals surface area contributed by atoms with E-state index in [1.807, 2.05) is 54.6 Å². The second-order valence-electron chi connectivity index (χ2n) is 4.23. The van der Waals surface area contributed by atoms with E-state index in [0.717, 1.165) is 30.6 Å². The molecule has 0 spiro atoms. The minimum Gasteiger partial charge on any atom is -0.457 e. The summed E-state index contributed by atoms with van der Waals surface area (Å²) in [5, 5.41) is 9.64. The Morgan fingerprint density at radius 1 is 1.00 bits per heavy atom. The predicted molar refractivity (Wildman–Crippen MR) is 85.2 cm³/mol. The van der Waals surface area contributed by atoms with Crippen LogP contribution in [-0.4, -0.2) is 32.0 Å². The molecular weight excluding hydrogens is 282 g/mol. The number of carbonyl (C=O) groups is 1. The van der Waals surface area contributed by atoms with Crippen molar-refractivity contribution < 1.29 is 19.4 Å². The number of hydrogen-bond donors (Lipinski definition) is 2. The summed E-state index contributed by atoms with van der Waals surface area (Å²) < 4.78 is 10.2. The number of aliphatic hydroxyl groups is 1. The van der Waals surface area contributed by atoms with Gasteiger partial charge in [-0.25, -0.2) is 4.79 Å². The normalized spacial score (nSPS) is 9.23. The number of alkyl carbamates (subject to hydrolysis) is 1. The van der Waals surface area contributed by atoms with Gasteiger partial charge in [-0.3, -0.25) is 0 Å². The Morgan fingerprint density at radius 2 is 1.59 bits per heavy atom. The first-order valence-electron chi connectivity index (χ1n) is 6.86. The van der Waals surface area contributed by atoms with Crippen molar-refractivity contribution in [3.63, 3.8) is 0 Å². The summed E-state index contributed by atoms with van der Waals surface area (Å²) in [5.41, 5.74) is 1.13. The van der Waals surface area contributed by atoms with Crippen molar-refractivity contribution in [2.45, 2.75) is 6.42 Å². The molecule has 5 heteroatoms. The van der Waals surface area contributed by atoms with Gasteiger partial charge >= 0.3 is 6.09 Å². The zero-order valence-corrected chi connectivity index (χ0v) is 12.8. The lowest BCUT2D eigenvalue weighted by molar-refractivity contribution is 0.171. The number of ether oxygens (including phenoxy) is 2. The van der Waals surface area contributed by atoms with Crippen LogP contribution in [0.1, 0.15) is 5.56 Å². The van der Waals surface area contributed by atoms with E-state index in [1.165, 1.54) is 7.11 Å². The van der Waals surface area contributed by atoms with Crippen molar-refractivity contribution in [1.29, 1.82) is 0 Å². The van der Waals surface area contributed by atoms with E-state index in [4.69, 9.17) is 9.84 Å². The number of hydrogen-bond acceptors (Lipinski definition) is 4. The number of rotatable bonds is 5. The fourth-order valence-electron chi connectivity index (χ4n) is 1.73. The molecule has 2 aromatic carbocycles. The molecule has 0 saturated heterocycles. The highest BCUT2D eigenvalue weighted by molar-refractivity contribution is 5.66. The van der Waals surface area contributed by atoms with Crippen molar-refractivity contribution in [3.05, 3.63) is 60.2 Å². The van der Waals surface area contributed by atoms with Crippen LogP contribution in [0.25, 0.3) is 0 Å². The van der Waals surface area contributed by atoms with Crippen LogP contribution in [0.5, 0.6) is 11.5 Å². The molecule has 5 nitrogen and oxygen atoms in total. The van der Waals surface area contributed by atoms with Crippen LogP contribution in [-0.2, 0) is 11.2 Å². The van der Waals surface area contributed by atoms with Gasteiger partial charge in [-0.1, -0.05) is 30.3 Å². The van der Waals surface area contributed by atoms with Gasteiger partial charge in [0.05, 0.1) is 7.11 Å². The van der Waals surface area contributed by atoms with Crippen LogP contribution in [0.4, 0.5) is 4.79 Å². The Bertz CT molecular complexity index is 540. The van der Waals surface area contributed by atoms with Crippen LogP contribution < -0.4 is 10.1 Å². The number of carbonyl (C=O) groups excluding carboxylic acids is 1. The largest absolute Gasteiger partial charge is 0.457 e. The molecule has 2 aromatic rings. The molecule has 0 saturated carbocycles. The lowest BCUT2D eigenvalue weighted by atomic mass is 10.1. The lowest BCUT2D eigenvalue weighted by Crippen LogP contribution is -2.25. The molecule has 0 heterocycles. The highest BCUT2D eigenvalue weighted by Crippen LogP contribution is 2.21. The fourth-order valence-corrected chi connectivity index (χ4v) is 1.73. The van der Waals surface area contributed by atoms with Crippen molar-refractivity contribution in [2.24, 2.45) is 0 Å². The van der Waals surface area contributed by atoms with E-state index in [9.17, 15) is 4.79 Å². The second-order valence-corrected chi connectivity index (χ2v) is 4.23. The minimum atomic E-state index is -0.408. The fraction of sp³-hybridized carbons (Fsp3) is 0.235. The Hall–Kier alpha value is -2.53. The van der Waals surface area contributed by atoms with E-state index in [0.29, 0.717) is 6.54 Å². The highest BCUT2D eigenvalue weighted by Gasteiger charge is 2.00. The van der Waals surface area contributed by atoms with E-state index in [-0.39, 0.29) is 0 Å². The van der Waals surface area contributed by atoms with Gasteiger partial charge in [-0.2, -0.15) is 0 Å². The van der Waals surface area contributed by atoms with Crippen LogP contribution in [0.2, 0.25) is 0 Å². The maximum absolute atomic E-state index is 10.9. The van der Waals surface area contributed by atoms with Gasteiger partial charge in [0.1, 0.15) is 11.5 Å². The van der Waals surface area contributed by atoms with E-state index in [1.54, 1.807) is 0 Å². The van der Waals surface area contributed by atoms with Gasteiger partial charge in [-0.05, 0) is 36.2 Å². The summed E-state index contributed by atoms with van der Waals surface area (Å²) in [7, 11) is 2.35. The Morgan fingerprint density at radius 3 is 2.18 bits per heavy atom. The molecule has 0 atom stereocenters. The number of methoxy groups -OCH3 is 1. The predicted octanol–water partition coefficient (Wildman–Crippen LogP) is 2.99. The number of para-hydroxylation sites is 1. The van der Waals surface area contributed by atoms with Gasteiger partial charge in [0, 0.05) is 13.7 Å². The Balaban J connectivity index is 0.00000116. The van der Waals surface area contributed by atoms with Gasteiger partial charge < -0.3 is 19.9 Å². The molecule has 0 aliphatic rings.